The number of aryl methyl sites for hydroxylation is 1. The van der Waals surface area contributed by atoms with Gasteiger partial charge in [-0.1, -0.05) is 17.7 Å². The molecule has 3 aromatic rings. The topological polar surface area (TPSA) is 91.3 Å². The largest absolute Gasteiger partial charge is 0.573 e. The van der Waals surface area contributed by atoms with E-state index in [1.807, 2.05) is 19.1 Å². The van der Waals surface area contributed by atoms with E-state index in [2.05, 4.69) is 15.3 Å². The number of rotatable bonds is 6. The first-order valence-corrected chi connectivity index (χ1v) is 9.50. The van der Waals surface area contributed by atoms with Gasteiger partial charge < -0.3 is 19.7 Å². The minimum absolute atomic E-state index is 0.121. The number of benzene rings is 2. The first-order valence-electron chi connectivity index (χ1n) is 8.62. The Hall–Kier alpha value is -3.21. The Morgan fingerprint density at radius 1 is 1.20 bits per heavy atom. The van der Waals surface area contributed by atoms with Crippen LogP contribution in [0.5, 0.6) is 11.7 Å². The Morgan fingerprint density at radius 3 is 2.43 bits per heavy atom. The van der Waals surface area contributed by atoms with E-state index in [1.165, 1.54) is 16.8 Å². The van der Waals surface area contributed by atoms with Gasteiger partial charge in [-0.25, -0.2) is 0 Å². The van der Waals surface area contributed by atoms with Gasteiger partial charge in [0.25, 0.3) is 5.03 Å². The van der Waals surface area contributed by atoms with Crippen molar-refractivity contribution in [2.45, 2.75) is 30.5 Å². The number of nitrogens with one attached hydrogen (secondary N) is 1. The van der Waals surface area contributed by atoms with Crippen molar-refractivity contribution >= 4 is 23.4 Å². The number of carbonyl (C=O) groups is 1. The summed E-state index contributed by atoms with van der Waals surface area (Å²) in [6.45, 7) is 3.49. The number of carbonyl (C=O) groups excluding carboxylic acids is 1. The summed E-state index contributed by atoms with van der Waals surface area (Å²) in [5.41, 5.74) is 1.90. The molecule has 1 unspecified atom stereocenters. The van der Waals surface area contributed by atoms with E-state index in [0.717, 1.165) is 29.5 Å². The quantitative estimate of drug-likeness (QED) is 0.468. The zero-order valence-corrected chi connectivity index (χ0v) is 16.6. The zero-order chi connectivity index (χ0) is 21.9. The van der Waals surface area contributed by atoms with Crippen LogP contribution < -0.4 is 19.8 Å². The molecule has 0 bridgehead atoms. The fourth-order valence-electron chi connectivity index (χ4n) is 2.39. The molecule has 0 aliphatic heterocycles. The number of ether oxygens (including phenoxy) is 1. The van der Waals surface area contributed by atoms with E-state index in [0.29, 0.717) is 5.69 Å². The molecule has 0 saturated heterocycles. The van der Waals surface area contributed by atoms with Crippen molar-refractivity contribution in [2.24, 2.45) is 0 Å². The van der Waals surface area contributed by atoms with Crippen molar-refractivity contribution in [3.8, 4) is 17.4 Å². The van der Waals surface area contributed by atoms with Crippen LogP contribution in [0.25, 0.3) is 5.69 Å². The second-order valence-corrected chi connectivity index (χ2v) is 7.56. The second-order valence-electron chi connectivity index (χ2n) is 6.23. The van der Waals surface area contributed by atoms with Gasteiger partial charge in [0.2, 0.25) is 11.6 Å². The van der Waals surface area contributed by atoms with Gasteiger partial charge in [0.05, 0.1) is 10.5 Å². The van der Waals surface area contributed by atoms with Crippen LogP contribution in [0.4, 0.5) is 18.9 Å². The molecule has 11 heteroatoms. The summed E-state index contributed by atoms with van der Waals surface area (Å²) in [5, 5.41) is 17.7. The highest BCUT2D eigenvalue weighted by Gasteiger charge is 2.31. The molecule has 1 amide bonds. The molecule has 0 spiro atoms. The standard InChI is InChI=1S/C19H16F3N3O4S/c1-11-3-7-14(8-4-11)25-17(18(27)29-24-25)30-12(2)16(26)23-13-5-9-15(10-6-13)28-19(20,21)22/h3-10,12H,1-2H3,(H-,23,24,26,27). The average Bonchev–Trinajstić information content (AvgIpc) is 3.03. The van der Waals surface area contributed by atoms with E-state index in [4.69, 9.17) is 4.52 Å². The third kappa shape index (κ3) is 5.44. The number of thioether (sulfide) groups is 1. The van der Waals surface area contributed by atoms with Gasteiger partial charge >= 0.3 is 6.36 Å². The van der Waals surface area contributed by atoms with Crippen LogP contribution in [0.15, 0.2) is 58.1 Å². The molecule has 1 N–H and O–H groups in total. The highest BCUT2D eigenvalue weighted by Crippen LogP contribution is 2.29. The van der Waals surface area contributed by atoms with Gasteiger partial charge in [0.15, 0.2) is 5.95 Å². The maximum absolute atomic E-state index is 12.5. The lowest BCUT2D eigenvalue weighted by Gasteiger charge is -2.12. The molecule has 30 heavy (non-hydrogen) atoms. The van der Waals surface area contributed by atoms with Crippen LogP contribution in [0.1, 0.15) is 12.5 Å². The van der Waals surface area contributed by atoms with Crippen molar-refractivity contribution in [3.63, 3.8) is 0 Å². The minimum atomic E-state index is -4.79. The molecule has 1 atom stereocenters. The van der Waals surface area contributed by atoms with Crippen molar-refractivity contribution in [2.75, 3.05) is 5.32 Å². The minimum Gasteiger partial charge on any atom is -0.538 e. The SMILES string of the molecule is Cc1ccc(-[n+]2noc([O-])c2SC(C)C(=O)Nc2ccc(OC(F)(F)F)cc2)cc1. The summed E-state index contributed by atoms with van der Waals surface area (Å²) in [6, 6.07) is 11.9. The van der Waals surface area contributed by atoms with Crippen molar-refractivity contribution in [3.05, 3.63) is 54.1 Å². The smallest absolute Gasteiger partial charge is 0.538 e. The Kier molecular flexibility index (Phi) is 6.20. The maximum Gasteiger partial charge on any atom is 0.573 e. The Morgan fingerprint density at radius 2 is 1.83 bits per heavy atom. The number of amides is 1. The van der Waals surface area contributed by atoms with E-state index >= 15 is 0 Å². The summed E-state index contributed by atoms with van der Waals surface area (Å²) in [5.74, 6) is -1.54. The molecule has 0 aliphatic carbocycles. The molecular formula is C19H16F3N3O4S. The maximum atomic E-state index is 12.5. The summed E-state index contributed by atoms with van der Waals surface area (Å²) in [4.78, 5) is 12.5. The summed E-state index contributed by atoms with van der Waals surface area (Å²) in [7, 11) is 0. The Balaban J connectivity index is 1.68. The average molecular weight is 439 g/mol. The number of hydrogen-bond acceptors (Lipinski definition) is 6. The summed E-state index contributed by atoms with van der Waals surface area (Å²) < 4.78 is 46.5. The highest BCUT2D eigenvalue weighted by atomic mass is 32.2. The van der Waals surface area contributed by atoms with Crippen LogP contribution in [0.3, 0.4) is 0 Å². The number of hydrogen-bond donors (Lipinski definition) is 1. The highest BCUT2D eigenvalue weighted by molar-refractivity contribution is 8.00. The van der Waals surface area contributed by atoms with Crippen molar-refractivity contribution < 1.29 is 37.0 Å². The summed E-state index contributed by atoms with van der Waals surface area (Å²) in [6.07, 6.45) is -4.79. The zero-order valence-electron chi connectivity index (χ0n) is 15.8. The number of alkyl halides is 3. The van der Waals surface area contributed by atoms with Gasteiger partial charge in [-0.05, 0) is 54.6 Å². The molecule has 0 saturated carbocycles. The Bertz CT molecular complexity index is 1020. The molecule has 3 rings (SSSR count). The van der Waals surface area contributed by atoms with Crippen molar-refractivity contribution in [1.29, 1.82) is 0 Å². The van der Waals surface area contributed by atoms with Crippen LogP contribution >= 0.6 is 11.8 Å². The number of nitrogens with zero attached hydrogens (tertiary/aromatic N) is 2. The second kappa shape index (κ2) is 8.66. The lowest BCUT2D eigenvalue weighted by molar-refractivity contribution is -0.705. The summed E-state index contributed by atoms with van der Waals surface area (Å²) >= 11 is 0.950. The molecule has 158 valence electrons. The van der Waals surface area contributed by atoms with Gasteiger partial charge in [-0.15, -0.1) is 13.2 Å². The number of halogens is 3. The molecule has 0 radical (unpaired) electrons. The monoisotopic (exact) mass is 439 g/mol. The van der Waals surface area contributed by atoms with E-state index < -0.39 is 29.2 Å². The van der Waals surface area contributed by atoms with Gasteiger partial charge in [-0.3, -0.25) is 4.79 Å². The first-order chi connectivity index (χ1) is 14.1. The predicted molar refractivity (Wildman–Crippen MR) is 99.3 cm³/mol. The van der Waals surface area contributed by atoms with E-state index in [9.17, 15) is 23.1 Å². The third-order valence-electron chi connectivity index (χ3n) is 3.86. The Labute approximate surface area is 173 Å². The van der Waals surface area contributed by atoms with Gasteiger partial charge in [0.1, 0.15) is 5.75 Å². The van der Waals surface area contributed by atoms with Gasteiger partial charge in [0, 0.05) is 17.8 Å². The molecule has 0 fully saturated rings. The van der Waals surface area contributed by atoms with Crippen LogP contribution in [-0.4, -0.2) is 22.8 Å². The van der Waals surface area contributed by atoms with E-state index in [1.54, 1.807) is 19.1 Å². The van der Waals surface area contributed by atoms with Gasteiger partial charge in [-0.2, -0.15) is 0 Å². The normalized spacial score (nSPS) is 12.4. The van der Waals surface area contributed by atoms with Crippen molar-refractivity contribution in [1.82, 2.24) is 5.27 Å². The first kappa shape index (κ1) is 21.5. The molecule has 7 nitrogen and oxygen atoms in total. The molecule has 1 aromatic heterocycles. The molecular weight excluding hydrogens is 423 g/mol. The molecule has 1 heterocycles. The predicted octanol–water partition coefficient (Wildman–Crippen LogP) is 3.35. The molecule has 0 aliphatic rings. The lowest BCUT2D eigenvalue weighted by atomic mass is 10.2. The van der Waals surface area contributed by atoms with Crippen LogP contribution in [0, 0.1) is 6.92 Å². The fraction of sp³-hybridized carbons (Fsp3) is 0.211. The number of anilines is 1. The van der Waals surface area contributed by atoms with E-state index in [-0.39, 0.29) is 10.7 Å². The fourth-order valence-corrected chi connectivity index (χ4v) is 3.27. The molecule has 2 aromatic carbocycles. The number of aromatic nitrogens is 2. The lowest BCUT2D eigenvalue weighted by Crippen LogP contribution is -2.36. The third-order valence-corrected chi connectivity index (χ3v) is 4.99. The van der Waals surface area contributed by atoms with Crippen LogP contribution in [-0.2, 0) is 4.79 Å². The van der Waals surface area contributed by atoms with Crippen LogP contribution in [0.2, 0.25) is 0 Å².